The predicted molar refractivity (Wildman–Crippen MR) is 89.7 cm³/mol. The first-order valence-electron chi connectivity index (χ1n) is 7.18. The maximum atomic E-state index is 11.2. The van der Waals surface area contributed by atoms with E-state index in [1.165, 1.54) is 0 Å². The Hall–Kier alpha value is -1.26. The van der Waals surface area contributed by atoms with Gasteiger partial charge in [0.05, 0.1) is 6.54 Å². The Kier molecular flexibility index (Phi) is 6.05. The van der Waals surface area contributed by atoms with Crippen LogP contribution in [0.15, 0.2) is 18.2 Å². The van der Waals surface area contributed by atoms with Crippen LogP contribution in [0.4, 0.5) is 5.69 Å². The van der Waals surface area contributed by atoms with Crippen molar-refractivity contribution in [2.45, 2.75) is 52.7 Å². The summed E-state index contributed by atoms with van der Waals surface area (Å²) in [5, 5.41) is 4.10. The van der Waals surface area contributed by atoms with Gasteiger partial charge in [-0.3, -0.25) is 4.79 Å². The van der Waals surface area contributed by atoms with Crippen LogP contribution in [0.5, 0.6) is 0 Å². The van der Waals surface area contributed by atoms with Gasteiger partial charge >= 0.3 is 0 Å². The Bertz CT molecular complexity index is 495. The summed E-state index contributed by atoms with van der Waals surface area (Å²) in [6.07, 6.45) is 0. The zero-order valence-electron chi connectivity index (χ0n) is 13.5. The highest BCUT2D eigenvalue weighted by molar-refractivity contribution is 6.31. The quantitative estimate of drug-likeness (QED) is 0.849. The molecular formula is C16H26ClN3O. The fourth-order valence-electron chi connectivity index (χ4n) is 1.96. The molecule has 0 aliphatic rings. The van der Waals surface area contributed by atoms with Crippen molar-refractivity contribution in [1.82, 2.24) is 5.32 Å². The lowest BCUT2D eigenvalue weighted by Gasteiger charge is -2.28. The van der Waals surface area contributed by atoms with Gasteiger partial charge in [-0.25, -0.2) is 0 Å². The molecule has 0 unspecified atom stereocenters. The number of carbonyl (C=O) groups is 1. The standard InChI is InChI=1S/C16H26ClN3O/c1-11(2)20(10-15(18)21)13-7-6-12(14(17)8-13)9-19-16(3,4)5/h6-8,11,19H,9-10H2,1-5H3,(H2,18,21). The lowest BCUT2D eigenvalue weighted by atomic mass is 10.1. The summed E-state index contributed by atoms with van der Waals surface area (Å²) in [4.78, 5) is 13.1. The first-order chi connectivity index (χ1) is 9.60. The molecule has 0 heterocycles. The molecule has 3 N–H and O–H groups in total. The third kappa shape index (κ3) is 5.94. The number of benzene rings is 1. The average Bonchev–Trinajstić information content (AvgIpc) is 2.32. The molecule has 0 spiro atoms. The van der Waals surface area contributed by atoms with Crippen molar-refractivity contribution in [3.8, 4) is 0 Å². The van der Waals surface area contributed by atoms with Crippen molar-refractivity contribution in [1.29, 1.82) is 0 Å². The average molecular weight is 312 g/mol. The molecule has 1 aromatic carbocycles. The Labute approximate surface area is 132 Å². The van der Waals surface area contributed by atoms with E-state index in [1.54, 1.807) is 0 Å². The van der Waals surface area contributed by atoms with Crippen LogP contribution in [0.3, 0.4) is 0 Å². The predicted octanol–water partition coefficient (Wildman–Crippen LogP) is 2.93. The Morgan fingerprint density at radius 1 is 1.38 bits per heavy atom. The summed E-state index contributed by atoms with van der Waals surface area (Å²) < 4.78 is 0. The van der Waals surface area contributed by atoms with Gasteiger partial charge in [0.15, 0.2) is 0 Å². The Morgan fingerprint density at radius 3 is 2.43 bits per heavy atom. The van der Waals surface area contributed by atoms with Crippen LogP contribution in [-0.2, 0) is 11.3 Å². The zero-order valence-corrected chi connectivity index (χ0v) is 14.3. The van der Waals surface area contributed by atoms with Gasteiger partial charge in [0, 0.05) is 28.8 Å². The highest BCUT2D eigenvalue weighted by Gasteiger charge is 2.15. The summed E-state index contributed by atoms with van der Waals surface area (Å²) in [6, 6.07) is 6.04. The molecule has 118 valence electrons. The van der Waals surface area contributed by atoms with Crippen molar-refractivity contribution in [3.05, 3.63) is 28.8 Å². The number of anilines is 1. The molecule has 1 aromatic rings. The SMILES string of the molecule is CC(C)N(CC(N)=O)c1ccc(CNC(C)(C)C)c(Cl)c1. The van der Waals surface area contributed by atoms with Crippen LogP contribution in [-0.4, -0.2) is 24.0 Å². The molecule has 0 bridgehead atoms. The van der Waals surface area contributed by atoms with Crippen LogP contribution in [0.2, 0.25) is 5.02 Å². The van der Waals surface area contributed by atoms with E-state index in [-0.39, 0.29) is 24.0 Å². The molecule has 1 amide bonds. The van der Waals surface area contributed by atoms with Gasteiger partial charge in [-0.1, -0.05) is 17.7 Å². The van der Waals surface area contributed by atoms with E-state index in [9.17, 15) is 4.79 Å². The lowest BCUT2D eigenvalue weighted by Crippen LogP contribution is -2.38. The molecule has 5 heteroatoms. The van der Waals surface area contributed by atoms with Gasteiger partial charge in [0.25, 0.3) is 0 Å². The first kappa shape index (κ1) is 17.8. The second-order valence-electron chi connectivity index (χ2n) is 6.57. The largest absolute Gasteiger partial charge is 0.368 e. The maximum absolute atomic E-state index is 11.2. The van der Waals surface area contributed by atoms with E-state index >= 15 is 0 Å². The summed E-state index contributed by atoms with van der Waals surface area (Å²) in [7, 11) is 0. The van der Waals surface area contributed by atoms with Crippen molar-refractivity contribution < 1.29 is 4.79 Å². The minimum Gasteiger partial charge on any atom is -0.368 e. The van der Waals surface area contributed by atoms with Crippen LogP contribution >= 0.6 is 11.6 Å². The van der Waals surface area contributed by atoms with Gasteiger partial charge in [-0.2, -0.15) is 0 Å². The smallest absolute Gasteiger partial charge is 0.236 e. The fraction of sp³-hybridized carbons (Fsp3) is 0.562. The number of hydrogen-bond acceptors (Lipinski definition) is 3. The summed E-state index contributed by atoms with van der Waals surface area (Å²) in [5.41, 5.74) is 7.30. The molecule has 0 atom stereocenters. The third-order valence-corrected chi connectivity index (χ3v) is 3.48. The number of carbonyl (C=O) groups excluding carboxylic acids is 1. The van der Waals surface area contributed by atoms with E-state index in [4.69, 9.17) is 17.3 Å². The number of halogens is 1. The summed E-state index contributed by atoms with van der Waals surface area (Å²) >= 11 is 6.36. The molecule has 21 heavy (non-hydrogen) atoms. The number of amides is 1. The van der Waals surface area contributed by atoms with Crippen LogP contribution in [0, 0.1) is 0 Å². The lowest BCUT2D eigenvalue weighted by molar-refractivity contribution is -0.116. The topological polar surface area (TPSA) is 58.4 Å². The van der Waals surface area contributed by atoms with E-state index in [0.29, 0.717) is 11.6 Å². The number of rotatable bonds is 6. The number of primary amides is 1. The fourth-order valence-corrected chi connectivity index (χ4v) is 2.20. The molecule has 0 aliphatic carbocycles. The summed E-state index contributed by atoms with van der Waals surface area (Å²) in [6.45, 7) is 11.3. The molecule has 1 rings (SSSR count). The highest BCUT2D eigenvalue weighted by atomic mass is 35.5. The normalized spacial score (nSPS) is 11.8. The molecule has 0 aromatic heterocycles. The monoisotopic (exact) mass is 311 g/mol. The van der Waals surface area contributed by atoms with Crippen molar-refractivity contribution in [3.63, 3.8) is 0 Å². The van der Waals surface area contributed by atoms with Crippen LogP contribution in [0.25, 0.3) is 0 Å². The van der Waals surface area contributed by atoms with E-state index in [2.05, 4.69) is 26.1 Å². The molecule has 4 nitrogen and oxygen atoms in total. The van der Waals surface area contributed by atoms with Crippen molar-refractivity contribution in [2.24, 2.45) is 5.73 Å². The van der Waals surface area contributed by atoms with Crippen LogP contribution in [0.1, 0.15) is 40.2 Å². The van der Waals surface area contributed by atoms with Gasteiger partial charge in [0.1, 0.15) is 0 Å². The maximum Gasteiger partial charge on any atom is 0.236 e. The molecule has 0 saturated carbocycles. The molecule has 0 aliphatic heterocycles. The second kappa shape index (κ2) is 7.14. The van der Waals surface area contributed by atoms with E-state index < -0.39 is 0 Å². The first-order valence-corrected chi connectivity index (χ1v) is 7.56. The van der Waals surface area contributed by atoms with Gasteiger partial charge in [-0.05, 0) is 52.3 Å². The zero-order chi connectivity index (χ0) is 16.2. The molecular weight excluding hydrogens is 286 g/mol. The van der Waals surface area contributed by atoms with Crippen LogP contribution < -0.4 is 16.0 Å². The van der Waals surface area contributed by atoms with Gasteiger partial charge in [0.2, 0.25) is 5.91 Å². The summed E-state index contributed by atoms with van der Waals surface area (Å²) in [5.74, 6) is -0.349. The molecule has 0 radical (unpaired) electrons. The second-order valence-corrected chi connectivity index (χ2v) is 6.97. The van der Waals surface area contributed by atoms with Gasteiger partial charge in [-0.15, -0.1) is 0 Å². The minimum absolute atomic E-state index is 0.0396. The number of nitrogens with one attached hydrogen (secondary N) is 1. The highest BCUT2D eigenvalue weighted by Crippen LogP contribution is 2.25. The molecule has 0 fully saturated rings. The number of nitrogens with zero attached hydrogens (tertiary/aromatic N) is 1. The number of nitrogens with two attached hydrogens (primary N) is 1. The van der Waals surface area contributed by atoms with Gasteiger partial charge < -0.3 is 16.0 Å². The van der Waals surface area contributed by atoms with E-state index in [0.717, 1.165) is 11.3 Å². The van der Waals surface area contributed by atoms with Crippen molar-refractivity contribution in [2.75, 3.05) is 11.4 Å². The van der Waals surface area contributed by atoms with Crippen molar-refractivity contribution >= 4 is 23.2 Å². The third-order valence-electron chi connectivity index (χ3n) is 3.13. The van der Waals surface area contributed by atoms with E-state index in [1.807, 2.05) is 36.9 Å². The Balaban J connectivity index is 2.92. The minimum atomic E-state index is -0.349. The Morgan fingerprint density at radius 2 is 2.00 bits per heavy atom. The molecule has 0 saturated heterocycles. The number of hydrogen-bond donors (Lipinski definition) is 2.